The lowest BCUT2D eigenvalue weighted by atomic mass is 9.97. The first-order chi connectivity index (χ1) is 13.6. The first-order valence-corrected chi connectivity index (χ1v) is 9.34. The van der Waals surface area contributed by atoms with Gasteiger partial charge in [0.1, 0.15) is 5.15 Å². The summed E-state index contributed by atoms with van der Waals surface area (Å²) in [6.07, 6.45) is 1.67. The van der Waals surface area contributed by atoms with E-state index in [1.54, 1.807) is 6.20 Å². The zero-order chi connectivity index (χ0) is 19.5. The normalized spacial score (nSPS) is 10.8. The summed E-state index contributed by atoms with van der Waals surface area (Å²) in [6.45, 7) is 2.02. The molecule has 4 rings (SSSR count). The highest BCUT2D eigenvalue weighted by Gasteiger charge is 2.13. The molecule has 0 spiro atoms. The third-order valence-electron chi connectivity index (χ3n) is 4.55. The van der Waals surface area contributed by atoms with Crippen molar-refractivity contribution in [2.75, 3.05) is 0 Å². The lowest BCUT2D eigenvalue weighted by Gasteiger charge is -2.12. The molecule has 0 aliphatic rings. The number of fused-ring (bicyclic) bond motifs is 1. The van der Waals surface area contributed by atoms with Gasteiger partial charge in [-0.2, -0.15) is 0 Å². The van der Waals surface area contributed by atoms with E-state index in [2.05, 4.69) is 22.4 Å². The zero-order valence-corrected chi connectivity index (χ0v) is 16.1. The summed E-state index contributed by atoms with van der Waals surface area (Å²) in [4.78, 5) is 20.2. The van der Waals surface area contributed by atoms with Crippen LogP contribution in [0.15, 0.2) is 72.9 Å². The molecule has 28 heavy (non-hydrogen) atoms. The van der Waals surface area contributed by atoms with E-state index < -0.39 is 0 Å². The first-order valence-electron chi connectivity index (χ1n) is 8.96. The molecule has 0 aliphatic carbocycles. The van der Waals surface area contributed by atoms with Crippen molar-refractivity contribution in [3.05, 3.63) is 83.6 Å². The van der Waals surface area contributed by atoms with Crippen LogP contribution in [0.5, 0.6) is 0 Å². The lowest BCUT2D eigenvalue weighted by molar-refractivity contribution is -0.119. The molecule has 0 fully saturated rings. The summed E-state index contributed by atoms with van der Waals surface area (Å²) in [5.74, 6) is -0.0443. The Bertz CT molecular complexity index is 1140. The first kappa shape index (κ1) is 18.1. The molecule has 0 saturated heterocycles. The van der Waals surface area contributed by atoms with Crippen LogP contribution in [0.2, 0.25) is 5.15 Å². The summed E-state index contributed by atoms with van der Waals surface area (Å²) >= 11 is 6.31. The van der Waals surface area contributed by atoms with Gasteiger partial charge < -0.3 is 5.32 Å². The Kier molecular flexibility index (Phi) is 5.04. The molecule has 0 unspecified atom stereocenters. The third-order valence-corrected chi connectivity index (χ3v) is 4.85. The fourth-order valence-corrected chi connectivity index (χ4v) is 3.34. The number of hydrogen-bond donors (Lipinski definition) is 1. The molecule has 2 aromatic heterocycles. The average Bonchev–Trinajstić information content (AvgIpc) is 2.73. The van der Waals surface area contributed by atoms with Gasteiger partial charge in [0.25, 0.3) is 0 Å². The predicted octanol–water partition coefficient (Wildman–Crippen LogP) is 5.25. The number of nitrogens with zero attached hydrogens (tertiary/aromatic N) is 2. The van der Waals surface area contributed by atoms with E-state index in [1.807, 2.05) is 54.6 Å². The van der Waals surface area contributed by atoms with E-state index in [0.717, 1.165) is 38.9 Å². The molecule has 1 N–H and O–H groups in total. The molecule has 0 atom stereocenters. The van der Waals surface area contributed by atoms with Crippen molar-refractivity contribution in [2.45, 2.75) is 13.5 Å². The smallest absolute Gasteiger partial charge is 0.217 e. The van der Waals surface area contributed by atoms with Gasteiger partial charge in [0.2, 0.25) is 5.91 Å². The molecule has 0 bridgehead atoms. The highest BCUT2D eigenvalue weighted by atomic mass is 35.5. The Morgan fingerprint density at radius 1 is 1.00 bits per heavy atom. The predicted molar refractivity (Wildman–Crippen MR) is 113 cm³/mol. The van der Waals surface area contributed by atoms with Crippen LogP contribution in [-0.2, 0) is 11.3 Å². The maximum absolute atomic E-state index is 11.1. The number of hydrogen-bond acceptors (Lipinski definition) is 3. The summed E-state index contributed by atoms with van der Waals surface area (Å²) < 4.78 is 0. The van der Waals surface area contributed by atoms with Gasteiger partial charge in [-0.25, -0.2) is 9.97 Å². The third kappa shape index (κ3) is 3.73. The second-order valence-corrected chi connectivity index (χ2v) is 6.88. The van der Waals surface area contributed by atoms with E-state index in [9.17, 15) is 4.79 Å². The van der Waals surface area contributed by atoms with Crippen LogP contribution in [0.3, 0.4) is 0 Å². The second-order valence-electron chi connectivity index (χ2n) is 6.53. The molecule has 0 saturated carbocycles. The number of amides is 1. The van der Waals surface area contributed by atoms with Gasteiger partial charge in [-0.3, -0.25) is 4.79 Å². The highest BCUT2D eigenvalue weighted by molar-refractivity contribution is 6.34. The quantitative estimate of drug-likeness (QED) is 0.486. The molecule has 0 radical (unpaired) electrons. The fourth-order valence-electron chi connectivity index (χ4n) is 3.13. The van der Waals surface area contributed by atoms with Gasteiger partial charge >= 0.3 is 0 Å². The van der Waals surface area contributed by atoms with Crippen molar-refractivity contribution in [2.24, 2.45) is 0 Å². The van der Waals surface area contributed by atoms with Crippen LogP contribution < -0.4 is 5.32 Å². The van der Waals surface area contributed by atoms with Gasteiger partial charge in [0.05, 0.1) is 11.2 Å². The Morgan fingerprint density at radius 3 is 2.46 bits per heavy atom. The van der Waals surface area contributed by atoms with E-state index in [0.29, 0.717) is 11.7 Å². The summed E-state index contributed by atoms with van der Waals surface area (Å²) in [7, 11) is 0. The van der Waals surface area contributed by atoms with Gasteiger partial charge in [-0.05, 0) is 23.3 Å². The van der Waals surface area contributed by atoms with Crippen molar-refractivity contribution >= 4 is 28.4 Å². The Hall–Kier alpha value is -3.24. The number of pyridine rings is 2. The topological polar surface area (TPSA) is 54.9 Å². The lowest BCUT2D eigenvalue weighted by Crippen LogP contribution is -2.18. The second kappa shape index (κ2) is 7.79. The molecular weight excluding hydrogens is 370 g/mol. The molecule has 138 valence electrons. The number of halogens is 1. The maximum Gasteiger partial charge on any atom is 0.217 e. The van der Waals surface area contributed by atoms with Gasteiger partial charge in [-0.15, -0.1) is 0 Å². The van der Waals surface area contributed by atoms with Crippen LogP contribution in [0, 0.1) is 0 Å². The Morgan fingerprint density at radius 2 is 1.75 bits per heavy atom. The van der Waals surface area contributed by atoms with Crippen LogP contribution in [0.4, 0.5) is 0 Å². The van der Waals surface area contributed by atoms with E-state index in [1.165, 1.54) is 6.92 Å². The molecule has 1 amide bonds. The van der Waals surface area contributed by atoms with Gasteiger partial charge in [0, 0.05) is 36.2 Å². The standard InChI is InChI=1S/C23H18ClN3O/c1-15(28)26-14-16-7-9-18(10-8-16)22-19(17-5-3-2-4-6-17)13-20-21(27-22)11-12-25-23(20)24/h2-13H,14H2,1H3,(H,26,28). The minimum absolute atomic E-state index is 0.0443. The Balaban J connectivity index is 1.84. The number of rotatable bonds is 4. The molecule has 4 aromatic rings. The zero-order valence-electron chi connectivity index (χ0n) is 15.3. The van der Waals surface area contributed by atoms with Crippen molar-refractivity contribution in [1.82, 2.24) is 15.3 Å². The van der Waals surface area contributed by atoms with Gasteiger partial charge in [-0.1, -0.05) is 66.2 Å². The minimum Gasteiger partial charge on any atom is -0.352 e. The maximum atomic E-state index is 11.1. The molecule has 2 aromatic carbocycles. The monoisotopic (exact) mass is 387 g/mol. The van der Waals surface area contributed by atoms with Crippen molar-refractivity contribution < 1.29 is 4.79 Å². The van der Waals surface area contributed by atoms with E-state index in [4.69, 9.17) is 16.6 Å². The van der Waals surface area contributed by atoms with Crippen molar-refractivity contribution in [1.29, 1.82) is 0 Å². The van der Waals surface area contributed by atoms with Crippen LogP contribution in [0.1, 0.15) is 12.5 Å². The average molecular weight is 388 g/mol. The van der Waals surface area contributed by atoms with Crippen molar-refractivity contribution in [3.63, 3.8) is 0 Å². The largest absolute Gasteiger partial charge is 0.352 e. The summed E-state index contributed by atoms with van der Waals surface area (Å²) in [6, 6.07) is 22.1. The summed E-state index contributed by atoms with van der Waals surface area (Å²) in [5.41, 5.74) is 5.78. The molecule has 2 heterocycles. The Labute approximate surface area is 168 Å². The number of benzene rings is 2. The van der Waals surface area contributed by atoms with Crippen LogP contribution in [0.25, 0.3) is 33.3 Å². The highest BCUT2D eigenvalue weighted by Crippen LogP contribution is 2.34. The van der Waals surface area contributed by atoms with E-state index >= 15 is 0 Å². The SMILES string of the molecule is CC(=O)NCc1ccc(-c2nc3ccnc(Cl)c3cc2-c2ccccc2)cc1. The summed E-state index contributed by atoms with van der Waals surface area (Å²) in [5, 5.41) is 4.08. The number of nitrogens with one attached hydrogen (secondary N) is 1. The molecular formula is C23H18ClN3O. The number of carbonyl (C=O) groups excluding carboxylic acids is 1. The molecule has 4 nitrogen and oxygen atoms in total. The molecule has 5 heteroatoms. The number of carbonyl (C=O) groups is 1. The fraction of sp³-hybridized carbons (Fsp3) is 0.0870. The van der Waals surface area contributed by atoms with Crippen molar-refractivity contribution in [3.8, 4) is 22.4 Å². The van der Waals surface area contributed by atoms with Gasteiger partial charge in [0.15, 0.2) is 0 Å². The number of aromatic nitrogens is 2. The van der Waals surface area contributed by atoms with Crippen LogP contribution in [-0.4, -0.2) is 15.9 Å². The van der Waals surface area contributed by atoms with E-state index in [-0.39, 0.29) is 5.91 Å². The molecule has 0 aliphatic heterocycles. The minimum atomic E-state index is -0.0443. The van der Waals surface area contributed by atoms with Crippen LogP contribution >= 0.6 is 11.6 Å².